The number of fused-ring (bicyclic) bond motifs is 1. The van der Waals surface area contributed by atoms with Crippen LogP contribution in [0.15, 0.2) is 48.8 Å². The Morgan fingerprint density at radius 2 is 1.85 bits per heavy atom. The molecule has 9 nitrogen and oxygen atoms in total. The molecular weight excluding hydrogens is 490 g/mol. The number of benzene rings is 1. The fraction of sp³-hybridized carbons (Fsp3) is 0.333. The van der Waals surface area contributed by atoms with Gasteiger partial charge in [0, 0.05) is 56.2 Å². The number of nitrogens with one attached hydrogen (secondary N) is 1. The van der Waals surface area contributed by atoms with Crippen LogP contribution in [0.1, 0.15) is 45.4 Å². The summed E-state index contributed by atoms with van der Waals surface area (Å²) in [6.07, 6.45) is 3.24. The lowest BCUT2D eigenvalue weighted by molar-refractivity contribution is 0.102. The van der Waals surface area contributed by atoms with Gasteiger partial charge < -0.3 is 15.0 Å². The van der Waals surface area contributed by atoms with Crippen LogP contribution in [-0.4, -0.2) is 75.1 Å². The number of nitrogens with zero attached hydrogens (tertiary/aromatic N) is 6. The van der Waals surface area contributed by atoms with Crippen molar-refractivity contribution >= 4 is 17.2 Å². The number of imidazole rings is 1. The number of hydrogen-bond acceptors (Lipinski definition) is 7. The van der Waals surface area contributed by atoms with Gasteiger partial charge in [0.2, 0.25) is 5.88 Å². The fourth-order valence-corrected chi connectivity index (χ4v) is 4.48. The molecule has 0 unspecified atom stereocenters. The van der Waals surface area contributed by atoms with E-state index in [0.29, 0.717) is 35.0 Å². The number of amides is 1. The van der Waals surface area contributed by atoms with Crippen LogP contribution in [-0.2, 0) is 6.54 Å². The lowest BCUT2D eigenvalue weighted by atomic mass is 10.1. The molecule has 0 atom stereocenters. The van der Waals surface area contributed by atoms with Gasteiger partial charge in [0.25, 0.3) is 5.91 Å². The molecule has 5 rings (SSSR count). The highest BCUT2D eigenvalue weighted by Crippen LogP contribution is 2.19. The van der Waals surface area contributed by atoms with Crippen LogP contribution in [0.25, 0.3) is 5.65 Å². The molecule has 4 aromatic rings. The summed E-state index contributed by atoms with van der Waals surface area (Å²) in [6, 6.07) is 11.5. The molecule has 0 aliphatic carbocycles. The van der Waals surface area contributed by atoms with Crippen molar-refractivity contribution in [2.45, 2.75) is 27.3 Å². The number of piperazine rings is 1. The number of pyridine rings is 1. The van der Waals surface area contributed by atoms with Gasteiger partial charge in [-0.2, -0.15) is 0 Å². The molecule has 4 heterocycles. The number of aromatic nitrogens is 4. The van der Waals surface area contributed by atoms with Crippen LogP contribution in [0.3, 0.4) is 0 Å². The van der Waals surface area contributed by atoms with Crippen LogP contribution in [0.2, 0.25) is 0 Å². The Balaban J connectivity index is 1.29. The third-order valence-electron chi connectivity index (χ3n) is 6.89. The van der Waals surface area contributed by atoms with Gasteiger partial charge in [-0.1, -0.05) is 12.0 Å². The Morgan fingerprint density at radius 3 is 2.62 bits per heavy atom. The first-order valence-electron chi connectivity index (χ1n) is 13.2. The molecular formula is C30H33N7O2. The zero-order chi connectivity index (χ0) is 27.4. The Bertz CT molecular complexity index is 1560. The molecule has 0 radical (unpaired) electrons. The van der Waals surface area contributed by atoms with E-state index in [1.54, 1.807) is 29.0 Å². The predicted molar refractivity (Wildman–Crippen MR) is 151 cm³/mol. The summed E-state index contributed by atoms with van der Waals surface area (Å²) in [5.74, 6) is 6.53. The van der Waals surface area contributed by atoms with E-state index in [1.165, 1.54) is 5.56 Å². The average Bonchev–Trinajstić information content (AvgIpc) is 3.33. The van der Waals surface area contributed by atoms with E-state index in [9.17, 15) is 4.79 Å². The highest BCUT2D eigenvalue weighted by molar-refractivity contribution is 6.04. The molecule has 200 valence electrons. The maximum Gasteiger partial charge on any atom is 0.257 e. The van der Waals surface area contributed by atoms with E-state index in [0.717, 1.165) is 49.7 Å². The number of ether oxygens (including phenoxy) is 1. The van der Waals surface area contributed by atoms with E-state index < -0.39 is 0 Å². The lowest BCUT2D eigenvalue weighted by Gasteiger charge is -2.32. The Morgan fingerprint density at radius 1 is 1.03 bits per heavy atom. The molecule has 0 saturated carbocycles. The van der Waals surface area contributed by atoms with Crippen molar-refractivity contribution in [3.05, 3.63) is 82.4 Å². The van der Waals surface area contributed by atoms with Gasteiger partial charge >= 0.3 is 0 Å². The van der Waals surface area contributed by atoms with Gasteiger partial charge in [-0.25, -0.2) is 9.50 Å². The highest BCUT2D eigenvalue weighted by atomic mass is 16.5. The molecule has 3 aromatic heterocycles. The van der Waals surface area contributed by atoms with E-state index in [-0.39, 0.29) is 5.91 Å². The summed E-state index contributed by atoms with van der Waals surface area (Å²) in [7, 11) is 2.16. The maximum atomic E-state index is 13.1. The monoisotopic (exact) mass is 523 g/mol. The minimum absolute atomic E-state index is 0.227. The third kappa shape index (κ3) is 6.25. The molecule has 1 saturated heterocycles. The average molecular weight is 524 g/mol. The topological polar surface area (TPSA) is 87.9 Å². The van der Waals surface area contributed by atoms with Gasteiger partial charge in [-0.15, -0.1) is 5.10 Å². The van der Waals surface area contributed by atoms with Gasteiger partial charge in [0.15, 0.2) is 5.65 Å². The number of hydrogen-bond donors (Lipinski definition) is 1. The molecule has 1 aliphatic heterocycles. The molecule has 0 bridgehead atoms. The Labute approximate surface area is 228 Å². The number of carbonyl (C=O) groups excluding carboxylic acids is 1. The van der Waals surface area contributed by atoms with E-state index in [1.807, 2.05) is 32.0 Å². The van der Waals surface area contributed by atoms with Crippen molar-refractivity contribution in [3.8, 4) is 17.7 Å². The van der Waals surface area contributed by atoms with Crippen LogP contribution < -0.4 is 10.1 Å². The van der Waals surface area contributed by atoms with Gasteiger partial charge in [-0.3, -0.25) is 14.7 Å². The van der Waals surface area contributed by atoms with Gasteiger partial charge in [0.1, 0.15) is 5.69 Å². The number of anilines is 1. The van der Waals surface area contributed by atoms with Crippen molar-refractivity contribution in [3.63, 3.8) is 0 Å². The maximum absolute atomic E-state index is 13.1. The fourth-order valence-electron chi connectivity index (χ4n) is 4.48. The zero-order valence-electron chi connectivity index (χ0n) is 22.9. The molecule has 39 heavy (non-hydrogen) atoms. The van der Waals surface area contributed by atoms with Crippen molar-refractivity contribution in [1.82, 2.24) is 29.4 Å². The van der Waals surface area contributed by atoms with Crippen molar-refractivity contribution in [2.24, 2.45) is 0 Å². The molecule has 9 heteroatoms. The summed E-state index contributed by atoms with van der Waals surface area (Å²) in [5, 5.41) is 7.46. The first kappa shape index (κ1) is 26.4. The normalized spacial score (nSPS) is 14.2. The smallest absolute Gasteiger partial charge is 0.257 e. The van der Waals surface area contributed by atoms with Crippen molar-refractivity contribution in [1.29, 1.82) is 0 Å². The summed E-state index contributed by atoms with van der Waals surface area (Å²) < 4.78 is 7.14. The summed E-state index contributed by atoms with van der Waals surface area (Å²) in [6.45, 7) is 11.6. The zero-order valence-corrected chi connectivity index (χ0v) is 22.9. The van der Waals surface area contributed by atoms with Crippen LogP contribution in [0.4, 0.5) is 5.69 Å². The second-order valence-electron chi connectivity index (χ2n) is 9.80. The Hall–Kier alpha value is -4.26. The molecule has 1 N–H and O–H groups in total. The minimum Gasteiger partial charge on any atom is -0.477 e. The molecule has 0 spiro atoms. The minimum atomic E-state index is -0.227. The number of likely N-dealkylation sites (N-methyl/N-ethyl adjacent to an activating group) is 1. The van der Waals surface area contributed by atoms with E-state index >= 15 is 0 Å². The third-order valence-corrected chi connectivity index (χ3v) is 6.89. The van der Waals surface area contributed by atoms with Crippen LogP contribution in [0, 0.1) is 25.7 Å². The van der Waals surface area contributed by atoms with Gasteiger partial charge in [0.05, 0.1) is 24.1 Å². The van der Waals surface area contributed by atoms with Gasteiger partial charge in [-0.05, 0) is 69.1 Å². The molecule has 1 aromatic carbocycles. The summed E-state index contributed by atoms with van der Waals surface area (Å²) >= 11 is 0. The predicted octanol–water partition coefficient (Wildman–Crippen LogP) is 3.54. The van der Waals surface area contributed by atoms with Crippen molar-refractivity contribution < 1.29 is 9.53 Å². The van der Waals surface area contributed by atoms with Crippen LogP contribution in [0.5, 0.6) is 5.88 Å². The summed E-state index contributed by atoms with van der Waals surface area (Å²) in [5.41, 5.74) is 6.34. The number of carbonyl (C=O) groups is 1. The highest BCUT2D eigenvalue weighted by Gasteiger charge is 2.15. The first-order valence-corrected chi connectivity index (χ1v) is 13.2. The van der Waals surface area contributed by atoms with E-state index in [2.05, 4.69) is 62.1 Å². The SMILES string of the molecule is CCOc1ccc2ncc(C#Cc3cc(C(=O)Nc4ccc(CN5CCN(C)CC5)c(C)c4)cnc3C)n2n1. The Kier molecular flexibility index (Phi) is 7.87. The summed E-state index contributed by atoms with van der Waals surface area (Å²) in [4.78, 5) is 26.7. The lowest BCUT2D eigenvalue weighted by Crippen LogP contribution is -2.43. The number of aryl methyl sites for hydroxylation is 2. The van der Waals surface area contributed by atoms with E-state index in [4.69, 9.17) is 4.74 Å². The molecule has 1 fully saturated rings. The second kappa shape index (κ2) is 11.6. The quantitative estimate of drug-likeness (QED) is 0.387. The molecule has 1 amide bonds. The molecule has 1 aliphatic rings. The van der Waals surface area contributed by atoms with Crippen LogP contribution >= 0.6 is 0 Å². The number of rotatable bonds is 6. The second-order valence-corrected chi connectivity index (χ2v) is 9.80. The first-order chi connectivity index (χ1) is 18.9. The standard InChI is InChI=1S/C30H33N7O2/c1-5-39-29-11-10-28-32-19-27(37(28)34-29)9-7-23-17-25(18-31-22(23)3)30(38)33-26-8-6-24(21(2)16-26)20-36-14-12-35(4)13-15-36/h6,8,10-11,16-19H,5,12-15,20H2,1-4H3,(H,33,38). The largest absolute Gasteiger partial charge is 0.477 e. The van der Waals surface area contributed by atoms with Crippen molar-refractivity contribution in [2.75, 3.05) is 45.2 Å².